The highest BCUT2D eigenvalue weighted by Crippen LogP contribution is 2.25. The second-order valence-corrected chi connectivity index (χ2v) is 2.33. The first kappa shape index (κ1) is 18.7. The van der Waals surface area contributed by atoms with E-state index in [0.717, 1.165) is 0 Å². The Labute approximate surface area is 73.9 Å². The zero-order valence-electron chi connectivity index (χ0n) is 6.42. The van der Waals surface area contributed by atoms with E-state index in [1.807, 2.05) is 0 Å². The van der Waals surface area contributed by atoms with Crippen molar-refractivity contribution in [3.63, 3.8) is 0 Å². The maximum Gasteiger partial charge on any atom is 0.631 e. The Kier molecular flexibility index (Phi) is 17.2. The predicted octanol–water partition coefficient (Wildman–Crippen LogP) is -4.01. The van der Waals surface area contributed by atoms with E-state index in [2.05, 4.69) is 0 Å². The van der Waals surface area contributed by atoms with Crippen LogP contribution in [0, 0.1) is 0 Å². The summed E-state index contributed by atoms with van der Waals surface area (Å²) in [6.45, 7) is -0.250. The first-order chi connectivity index (χ1) is 5.65. The molecule has 82 valence electrons. The monoisotopic (exact) mass is 222 g/mol. The normalized spacial score (nSPS) is 8.92. The Morgan fingerprint density at radius 1 is 0.923 bits per heavy atom. The summed E-state index contributed by atoms with van der Waals surface area (Å²) in [6.07, 6.45) is 0. The van der Waals surface area contributed by atoms with Crippen molar-refractivity contribution in [2.24, 2.45) is 0 Å². The molecule has 0 amide bonds. The van der Waals surface area contributed by atoms with Gasteiger partial charge in [-0.2, -0.15) is 0 Å². The highest BCUT2D eigenvalue weighted by Gasteiger charge is 2.00. The van der Waals surface area contributed by atoms with Crippen LogP contribution in [0.15, 0.2) is 0 Å². The maximum absolute atomic E-state index is 8.88. The second kappa shape index (κ2) is 12.0. The van der Waals surface area contributed by atoms with Crippen molar-refractivity contribution in [2.45, 2.75) is 0 Å². The van der Waals surface area contributed by atoms with Crippen molar-refractivity contribution < 1.29 is 44.5 Å². The molecule has 0 fully saturated rings. The summed E-state index contributed by atoms with van der Waals surface area (Å²) in [4.78, 5) is 21.6. The van der Waals surface area contributed by atoms with Crippen LogP contribution in [0.1, 0.15) is 0 Å². The van der Waals surface area contributed by atoms with Gasteiger partial charge in [0.15, 0.2) is 0 Å². The summed E-state index contributed by atoms with van der Waals surface area (Å²) in [5.41, 5.74) is 0. The van der Waals surface area contributed by atoms with Crippen molar-refractivity contribution in [3.05, 3.63) is 0 Å². The average molecular weight is 222 g/mol. The van der Waals surface area contributed by atoms with Gasteiger partial charge in [-0.25, -0.2) is 4.57 Å². The van der Waals surface area contributed by atoms with Crippen molar-refractivity contribution in [2.75, 3.05) is 13.2 Å². The van der Waals surface area contributed by atoms with Gasteiger partial charge in [-0.15, -0.1) is 0 Å². The number of phosphoric acid groups is 1. The van der Waals surface area contributed by atoms with E-state index in [1.54, 1.807) is 0 Å². The summed E-state index contributed by atoms with van der Waals surface area (Å²) in [6, 6.07) is 0. The van der Waals surface area contributed by atoms with Gasteiger partial charge in [-0.3, -0.25) is 0 Å². The fourth-order valence-electron chi connectivity index (χ4n) is 0. The highest BCUT2D eigenvalue weighted by molar-refractivity contribution is 7.45. The molecule has 0 heterocycles. The lowest BCUT2D eigenvalue weighted by Crippen LogP contribution is -2.07. The molecule has 0 aromatic carbocycles. The lowest BCUT2D eigenvalue weighted by atomic mass is 10.3. The van der Waals surface area contributed by atoms with E-state index in [0.29, 0.717) is 0 Å². The molecule has 0 aliphatic heterocycles. The Balaban J connectivity index is -0.000000117. The first-order valence-electron chi connectivity index (χ1n) is 2.69. The summed E-state index contributed by atoms with van der Waals surface area (Å²) >= 11 is 0. The van der Waals surface area contributed by atoms with Gasteiger partial charge in [0.2, 0.25) is 0 Å². The molecule has 0 aromatic heterocycles. The van der Waals surface area contributed by atoms with Crippen LogP contribution in [0.2, 0.25) is 0 Å². The van der Waals surface area contributed by atoms with E-state index < -0.39 is 15.1 Å². The third-order valence-electron chi connectivity index (χ3n) is 0.1000. The van der Waals surface area contributed by atoms with Crippen molar-refractivity contribution in [1.29, 1.82) is 0 Å². The Bertz CT molecular complexity index is 108. The van der Waals surface area contributed by atoms with Gasteiger partial charge in [-0.1, -0.05) is 0 Å². The molecule has 0 aliphatic rings. The van der Waals surface area contributed by atoms with Gasteiger partial charge < -0.3 is 40.0 Å². The second-order valence-electron chi connectivity index (χ2n) is 1.31. The van der Waals surface area contributed by atoms with E-state index >= 15 is 0 Å². The minimum atomic E-state index is -4.64. The summed E-state index contributed by atoms with van der Waals surface area (Å²) in [5.74, 6) is 0. The molecule has 13 heavy (non-hydrogen) atoms. The molecule has 0 aliphatic carbocycles. The topological polar surface area (TPSA) is 179 Å². The lowest BCUT2D eigenvalue weighted by Gasteiger charge is -1.82. The fourth-order valence-corrected chi connectivity index (χ4v) is 0. The van der Waals surface area contributed by atoms with Gasteiger partial charge in [-0.05, 0) is 0 Å². The number of aliphatic hydroxyl groups is 2. The number of rotatable bonds is 1. The van der Waals surface area contributed by atoms with Crippen LogP contribution in [0.25, 0.3) is 0 Å². The van der Waals surface area contributed by atoms with Crippen LogP contribution in [0.4, 0.5) is 0 Å². The molecular formula is C2H12BO9P. The largest absolute Gasteiger partial charge is 0.631 e. The lowest BCUT2D eigenvalue weighted by molar-refractivity contribution is 0.186. The van der Waals surface area contributed by atoms with Crippen LogP contribution < -0.4 is 0 Å². The zero-order chi connectivity index (χ0) is 11.5. The van der Waals surface area contributed by atoms with Gasteiger partial charge in [0.1, 0.15) is 0 Å². The molecule has 0 rings (SSSR count). The molecular weight excluding hydrogens is 210 g/mol. The molecule has 0 saturated heterocycles. The van der Waals surface area contributed by atoms with Crippen molar-refractivity contribution >= 4 is 15.1 Å². The van der Waals surface area contributed by atoms with Gasteiger partial charge in [0.05, 0.1) is 13.2 Å². The van der Waals surface area contributed by atoms with Crippen LogP contribution in [-0.2, 0) is 4.57 Å². The minimum Gasteiger partial charge on any atom is -0.402 e. The van der Waals surface area contributed by atoms with Crippen molar-refractivity contribution in [1.82, 2.24) is 0 Å². The third-order valence-corrected chi connectivity index (χ3v) is 0.1000. The first-order valence-corrected chi connectivity index (χ1v) is 4.25. The van der Waals surface area contributed by atoms with Crippen LogP contribution >= 0.6 is 7.82 Å². The Morgan fingerprint density at radius 3 is 1.00 bits per heavy atom. The van der Waals surface area contributed by atoms with E-state index in [9.17, 15) is 0 Å². The SMILES string of the molecule is O=P(O)(O)O.OB(O)O.OCCO. The fraction of sp³-hybridized carbons (Fsp3) is 1.00. The predicted molar refractivity (Wildman–Crippen MR) is 40.8 cm³/mol. The minimum absolute atomic E-state index is 0.125. The highest BCUT2D eigenvalue weighted by atomic mass is 31.2. The number of aliphatic hydroxyl groups excluding tert-OH is 2. The average Bonchev–Trinajstić information content (AvgIpc) is 1.82. The van der Waals surface area contributed by atoms with Crippen molar-refractivity contribution in [3.8, 4) is 0 Å². The molecule has 0 spiro atoms. The van der Waals surface area contributed by atoms with E-state index in [1.165, 1.54) is 0 Å². The van der Waals surface area contributed by atoms with Crippen LogP contribution in [0.3, 0.4) is 0 Å². The summed E-state index contributed by atoms with van der Waals surface area (Å²) in [5, 5.41) is 36.8. The smallest absolute Gasteiger partial charge is 0.402 e. The molecule has 0 bridgehead atoms. The molecule has 0 atom stereocenters. The standard InChI is InChI=1S/C2H6O2.BH3O3.H3O4P/c3-1-2-4;2-1(3)4;1-5(2,3)4/h3-4H,1-2H2;2-4H;(H3,1,2,3,4). The molecule has 0 radical (unpaired) electrons. The van der Waals surface area contributed by atoms with E-state index in [4.69, 9.17) is 44.5 Å². The quantitative estimate of drug-likeness (QED) is 0.162. The van der Waals surface area contributed by atoms with E-state index in [-0.39, 0.29) is 13.2 Å². The summed E-state index contributed by atoms with van der Waals surface area (Å²) in [7, 11) is -6.81. The number of hydrogen-bond donors (Lipinski definition) is 8. The third kappa shape index (κ3) is 1250. The van der Waals surface area contributed by atoms with Gasteiger partial charge in [0.25, 0.3) is 0 Å². The Morgan fingerprint density at radius 2 is 1.00 bits per heavy atom. The summed E-state index contributed by atoms with van der Waals surface area (Å²) < 4.78 is 8.88. The van der Waals surface area contributed by atoms with Crippen LogP contribution in [0.5, 0.6) is 0 Å². The number of hydrogen-bond acceptors (Lipinski definition) is 6. The van der Waals surface area contributed by atoms with Gasteiger partial charge in [0, 0.05) is 0 Å². The molecule has 0 unspecified atom stereocenters. The van der Waals surface area contributed by atoms with Gasteiger partial charge >= 0.3 is 15.1 Å². The molecule has 8 N–H and O–H groups in total. The maximum atomic E-state index is 8.88. The molecule has 0 saturated carbocycles. The zero-order valence-corrected chi connectivity index (χ0v) is 7.32. The Hall–Kier alpha value is -0.0251. The molecule has 9 nitrogen and oxygen atoms in total. The molecule has 11 heteroatoms. The molecule has 0 aromatic rings. The van der Waals surface area contributed by atoms with Crippen LogP contribution in [-0.4, -0.2) is 60.5 Å².